The zero-order chi connectivity index (χ0) is 23.7. The van der Waals surface area contributed by atoms with Crippen molar-refractivity contribution in [3.63, 3.8) is 0 Å². The van der Waals surface area contributed by atoms with Gasteiger partial charge in [-0.2, -0.15) is 13.2 Å². The van der Waals surface area contributed by atoms with Crippen LogP contribution in [-0.4, -0.2) is 22.0 Å². The number of allylic oxidation sites excluding steroid dienone is 1. The Morgan fingerprint density at radius 1 is 0.971 bits per heavy atom. The zero-order valence-corrected chi connectivity index (χ0v) is 18.2. The predicted molar refractivity (Wildman–Crippen MR) is 126 cm³/mol. The molecule has 0 radical (unpaired) electrons. The number of imidazole rings is 1. The van der Waals surface area contributed by atoms with E-state index in [1.54, 1.807) is 6.07 Å². The van der Waals surface area contributed by atoms with Crippen LogP contribution in [0.3, 0.4) is 0 Å². The largest absolute Gasteiger partial charge is 0.416 e. The monoisotopic (exact) mass is 461 g/mol. The van der Waals surface area contributed by atoms with E-state index in [0.717, 1.165) is 34.6 Å². The van der Waals surface area contributed by atoms with Crippen LogP contribution in [-0.2, 0) is 17.5 Å². The average Bonchev–Trinajstić information content (AvgIpc) is 3.40. The molecule has 4 aromatic rings. The lowest BCUT2D eigenvalue weighted by molar-refractivity contribution is -0.137. The van der Waals surface area contributed by atoms with Crippen molar-refractivity contribution in [1.82, 2.24) is 9.55 Å². The van der Waals surface area contributed by atoms with Crippen molar-refractivity contribution in [2.24, 2.45) is 0 Å². The molecule has 1 atom stereocenters. The lowest BCUT2D eigenvalue weighted by atomic mass is 10.1. The van der Waals surface area contributed by atoms with Crippen LogP contribution in [0, 0.1) is 0 Å². The van der Waals surface area contributed by atoms with Gasteiger partial charge in [0.25, 0.3) is 0 Å². The van der Waals surface area contributed by atoms with Crippen LogP contribution in [0.25, 0.3) is 17.1 Å². The molecule has 7 heteroatoms. The first-order chi connectivity index (χ1) is 16.4. The summed E-state index contributed by atoms with van der Waals surface area (Å²) in [6, 6.07) is 22.7. The molecule has 0 saturated carbocycles. The van der Waals surface area contributed by atoms with Crippen molar-refractivity contribution >= 4 is 28.7 Å². The van der Waals surface area contributed by atoms with Gasteiger partial charge in [-0.15, -0.1) is 0 Å². The Balaban J connectivity index is 1.45. The van der Waals surface area contributed by atoms with Gasteiger partial charge in [0.15, 0.2) is 0 Å². The second kappa shape index (κ2) is 8.82. The van der Waals surface area contributed by atoms with Crippen molar-refractivity contribution in [2.45, 2.75) is 25.1 Å². The summed E-state index contributed by atoms with van der Waals surface area (Å²) in [6.45, 7) is 0.852. The highest BCUT2D eigenvalue weighted by Gasteiger charge is 2.36. The summed E-state index contributed by atoms with van der Waals surface area (Å²) in [5, 5.41) is 0. The Hall–Kier alpha value is -3.87. The Morgan fingerprint density at radius 3 is 2.53 bits per heavy atom. The number of hydrogen-bond acceptors (Lipinski definition) is 2. The van der Waals surface area contributed by atoms with Crippen LogP contribution >= 0.6 is 0 Å². The number of hydrogen-bond donors (Lipinski definition) is 0. The minimum atomic E-state index is -4.46. The summed E-state index contributed by atoms with van der Waals surface area (Å²) in [5.41, 5.74) is 2.37. The standard InChI is InChI=1S/C27H22F3N3O/c28-27(29,30)21-11-6-12-22(17-21)33-18-20(16-25(33)34)26-31-23-13-4-5-14-24(23)32(26)15-7-10-19-8-2-1-3-9-19/h1-14,17,20H,15-16,18H2. The van der Waals surface area contributed by atoms with E-state index in [2.05, 4.69) is 4.57 Å². The van der Waals surface area contributed by atoms with Gasteiger partial charge in [0.2, 0.25) is 5.91 Å². The average molecular weight is 461 g/mol. The molecule has 1 fully saturated rings. The van der Waals surface area contributed by atoms with Gasteiger partial charge in [-0.05, 0) is 35.9 Å². The summed E-state index contributed by atoms with van der Waals surface area (Å²) in [4.78, 5) is 19.1. The quantitative estimate of drug-likeness (QED) is 0.350. The molecule has 5 rings (SSSR count). The summed E-state index contributed by atoms with van der Waals surface area (Å²) >= 11 is 0. The molecule has 2 heterocycles. The van der Waals surface area contributed by atoms with Crippen LogP contribution in [0.5, 0.6) is 0 Å². The number of nitrogens with zero attached hydrogens (tertiary/aromatic N) is 3. The molecule has 4 nitrogen and oxygen atoms in total. The first-order valence-corrected chi connectivity index (χ1v) is 11.0. The van der Waals surface area contributed by atoms with Crippen molar-refractivity contribution in [3.05, 3.63) is 102 Å². The number of aromatic nitrogens is 2. The van der Waals surface area contributed by atoms with Crippen molar-refractivity contribution in [1.29, 1.82) is 0 Å². The van der Waals surface area contributed by atoms with Gasteiger partial charge in [0.05, 0.1) is 16.6 Å². The first-order valence-electron chi connectivity index (χ1n) is 11.0. The van der Waals surface area contributed by atoms with Gasteiger partial charge < -0.3 is 9.47 Å². The lowest BCUT2D eigenvalue weighted by Gasteiger charge is -2.18. The number of alkyl halides is 3. The molecule has 0 spiro atoms. The number of halogens is 3. The van der Waals surface area contributed by atoms with E-state index in [-0.39, 0.29) is 30.5 Å². The fourth-order valence-electron chi connectivity index (χ4n) is 4.44. The number of carbonyl (C=O) groups excluding carboxylic acids is 1. The summed E-state index contributed by atoms with van der Waals surface area (Å²) < 4.78 is 41.6. The molecule has 0 aliphatic carbocycles. The molecule has 3 aromatic carbocycles. The minimum absolute atomic E-state index is 0.196. The normalized spacial score (nSPS) is 16.7. The molecule has 0 bridgehead atoms. The highest BCUT2D eigenvalue weighted by atomic mass is 19.4. The Labute approximate surface area is 195 Å². The first kappa shape index (κ1) is 21.9. The molecule has 1 aromatic heterocycles. The second-order valence-corrected chi connectivity index (χ2v) is 8.34. The summed E-state index contributed by atoms with van der Waals surface area (Å²) in [6.07, 6.45) is -0.180. The van der Waals surface area contributed by atoms with Crippen molar-refractivity contribution in [2.75, 3.05) is 11.4 Å². The van der Waals surface area contributed by atoms with E-state index in [1.807, 2.05) is 66.7 Å². The van der Waals surface area contributed by atoms with Crippen molar-refractivity contribution in [3.8, 4) is 0 Å². The van der Waals surface area contributed by atoms with E-state index in [0.29, 0.717) is 6.54 Å². The Bertz CT molecular complexity index is 1360. The number of anilines is 1. The SMILES string of the molecule is O=C1CC(c2nc3ccccc3n2CC=Cc2ccccc2)CN1c1cccc(C(F)(F)F)c1. The van der Waals surface area contributed by atoms with Gasteiger partial charge in [0.1, 0.15) is 5.82 Å². The maximum atomic E-state index is 13.2. The number of amides is 1. The van der Waals surface area contributed by atoms with Crippen LogP contribution < -0.4 is 4.90 Å². The Morgan fingerprint density at radius 2 is 1.74 bits per heavy atom. The number of para-hydroxylation sites is 2. The molecule has 1 aliphatic rings. The molecule has 1 aliphatic heterocycles. The summed E-state index contributed by atoms with van der Waals surface area (Å²) in [7, 11) is 0. The number of rotatable bonds is 5. The molecular formula is C27H22F3N3O. The molecule has 34 heavy (non-hydrogen) atoms. The molecule has 1 amide bonds. The van der Waals surface area contributed by atoms with Gasteiger partial charge in [-0.1, -0.05) is 60.7 Å². The second-order valence-electron chi connectivity index (χ2n) is 8.34. The molecule has 1 unspecified atom stereocenters. The van der Waals surface area contributed by atoms with Crippen molar-refractivity contribution < 1.29 is 18.0 Å². The van der Waals surface area contributed by atoms with E-state index < -0.39 is 11.7 Å². The lowest BCUT2D eigenvalue weighted by Crippen LogP contribution is -2.25. The van der Waals surface area contributed by atoms with Gasteiger partial charge in [-0.25, -0.2) is 4.98 Å². The van der Waals surface area contributed by atoms with E-state index in [4.69, 9.17) is 4.98 Å². The highest BCUT2D eigenvalue weighted by Crippen LogP contribution is 2.36. The van der Waals surface area contributed by atoms with E-state index >= 15 is 0 Å². The molecule has 172 valence electrons. The fourth-order valence-corrected chi connectivity index (χ4v) is 4.44. The number of fused-ring (bicyclic) bond motifs is 1. The maximum Gasteiger partial charge on any atom is 0.416 e. The highest BCUT2D eigenvalue weighted by molar-refractivity contribution is 5.96. The van der Waals surface area contributed by atoms with Gasteiger partial charge in [-0.3, -0.25) is 4.79 Å². The third-order valence-electron chi connectivity index (χ3n) is 6.06. The smallest absolute Gasteiger partial charge is 0.324 e. The number of benzene rings is 3. The van der Waals surface area contributed by atoms with Gasteiger partial charge in [0, 0.05) is 31.1 Å². The van der Waals surface area contributed by atoms with Crippen LogP contribution in [0.4, 0.5) is 18.9 Å². The van der Waals surface area contributed by atoms with Crippen LogP contribution in [0.2, 0.25) is 0 Å². The van der Waals surface area contributed by atoms with E-state index in [1.165, 1.54) is 11.0 Å². The molecular weight excluding hydrogens is 439 g/mol. The third-order valence-corrected chi connectivity index (χ3v) is 6.06. The predicted octanol–water partition coefficient (Wildman–Crippen LogP) is 6.29. The minimum Gasteiger partial charge on any atom is -0.324 e. The van der Waals surface area contributed by atoms with Crippen LogP contribution in [0.1, 0.15) is 29.3 Å². The summed E-state index contributed by atoms with van der Waals surface area (Å²) in [5.74, 6) is 0.337. The maximum absolute atomic E-state index is 13.2. The van der Waals surface area contributed by atoms with Gasteiger partial charge >= 0.3 is 6.18 Å². The molecule has 0 N–H and O–H groups in total. The van der Waals surface area contributed by atoms with Crippen LogP contribution in [0.15, 0.2) is 84.9 Å². The third kappa shape index (κ3) is 4.33. The van der Waals surface area contributed by atoms with E-state index in [9.17, 15) is 18.0 Å². The Kier molecular flexibility index (Phi) is 5.69. The topological polar surface area (TPSA) is 38.1 Å². The number of carbonyl (C=O) groups is 1. The zero-order valence-electron chi connectivity index (χ0n) is 18.2. The molecule has 1 saturated heterocycles. The fraction of sp³-hybridized carbons (Fsp3) is 0.185.